The second kappa shape index (κ2) is 7.93. The highest BCUT2D eigenvalue weighted by Crippen LogP contribution is 2.19. The van der Waals surface area contributed by atoms with Crippen LogP contribution in [0.3, 0.4) is 0 Å². The first-order valence-electron chi connectivity index (χ1n) is 8.39. The minimum atomic E-state index is -0.228. The summed E-state index contributed by atoms with van der Waals surface area (Å²) < 4.78 is 5.14. The number of hydrogen-bond donors (Lipinski definition) is 1. The van der Waals surface area contributed by atoms with Crippen molar-refractivity contribution in [3.8, 4) is 0 Å². The number of carbonyl (C=O) groups excluding carboxylic acids is 3. The maximum atomic E-state index is 12.5. The molecule has 0 spiro atoms. The van der Waals surface area contributed by atoms with Gasteiger partial charge in [0.15, 0.2) is 0 Å². The number of ether oxygens (including phenoxy) is 1. The van der Waals surface area contributed by atoms with E-state index in [1.54, 1.807) is 31.4 Å². The van der Waals surface area contributed by atoms with Crippen molar-refractivity contribution in [1.82, 2.24) is 4.90 Å². The summed E-state index contributed by atoms with van der Waals surface area (Å²) in [6, 6.07) is 14.4. The number of methoxy groups -OCH3 is 1. The number of nitrogens with one attached hydrogen (secondary N) is 1. The van der Waals surface area contributed by atoms with Gasteiger partial charge in [0.1, 0.15) is 0 Å². The van der Waals surface area contributed by atoms with Crippen LogP contribution in [0.1, 0.15) is 34.3 Å². The van der Waals surface area contributed by atoms with E-state index in [1.165, 1.54) is 4.90 Å². The molecule has 1 N–H and O–H groups in total. The predicted octanol–water partition coefficient (Wildman–Crippen LogP) is 2.73. The van der Waals surface area contributed by atoms with Crippen molar-refractivity contribution in [2.24, 2.45) is 0 Å². The third-order valence-electron chi connectivity index (χ3n) is 4.28. The summed E-state index contributed by atoms with van der Waals surface area (Å²) >= 11 is 0. The molecule has 6 nitrogen and oxygen atoms in total. The number of likely N-dealkylation sites (tertiary alicyclic amines) is 1. The average Bonchev–Trinajstić information content (AvgIpc) is 2.96. The zero-order chi connectivity index (χ0) is 18.5. The lowest BCUT2D eigenvalue weighted by atomic mass is 10.1. The Morgan fingerprint density at radius 2 is 1.69 bits per heavy atom. The minimum absolute atomic E-state index is 0.147. The van der Waals surface area contributed by atoms with E-state index in [2.05, 4.69) is 5.32 Å². The first-order chi connectivity index (χ1) is 12.6. The van der Waals surface area contributed by atoms with E-state index in [4.69, 9.17) is 4.74 Å². The second-order valence-corrected chi connectivity index (χ2v) is 6.11. The van der Waals surface area contributed by atoms with Crippen molar-refractivity contribution in [3.63, 3.8) is 0 Å². The smallest absolute Gasteiger partial charge is 0.255 e. The first kappa shape index (κ1) is 17.8. The number of carbonyl (C=O) groups is 3. The molecule has 3 rings (SSSR count). The number of rotatable bonds is 6. The van der Waals surface area contributed by atoms with E-state index >= 15 is 0 Å². The van der Waals surface area contributed by atoms with Crippen LogP contribution in [0.2, 0.25) is 0 Å². The van der Waals surface area contributed by atoms with Gasteiger partial charge in [0.25, 0.3) is 5.91 Å². The largest absolute Gasteiger partial charge is 0.380 e. The van der Waals surface area contributed by atoms with Crippen molar-refractivity contribution in [1.29, 1.82) is 0 Å². The molecule has 2 aromatic carbocycles. The van der Waals surface area contributed by atoms with Gasteiger partial charge in [-0.1, -0.05) is 30.3 Å². The molecule has 0 unspecified atom stereocenters. The lowest BCUT2D eigenvalue weighted by molar-refractivity contribution is -0.139. The quantitative estimate of drug-likeness (QED) is 0.811. The SMILES string of the molecule is COCc1ccccc1NC(=O)c1ccc(CN2C(=O)CCC2=O)cc1. The molecule has 2 aromatic rings. The maximum absolute atomic E-state index is 12.5. The maximum Gasteiger partial charge on any atom is 0.255 e. The van der Waals surface area contributed by atoms with Crippen LogP contribution in [0.5, 0.6) is 0 Å². The number of benzene rings is 2. The van der Waals surface area contributed by atoms with Gasteiger partial charge in [0.05, 0.1) is 13.2 Å². The molecule has 0 atom stereocenters. The normalized spacial score (nSPS) is 14.0. The third-order valence-corrected chi connectivity index (χ3v) is 4.28. The Hall–Kier alpha value is -2.99. The summed E-state index contributed by atoms with van der Waals surface area (Å²) in [4.78, 5) is 37.1. The number of hydrogen-bond acceptors (Lipinski definition) is 4. The Kier molecular flexibility index (Phi) is 5.43. The fraction of sp³-hybridized carbons (Fsp3) is 0.250. The van der Waals surface area contributed by atoms with Crippen molar-refractivity contribution >= 4 is 23.4 Å². The summed E-state index contributed by atoms with van der Waals surface area (Å²) in [5.74, 6) is -0.522. The summed E-state index contributed by atoms with van der Waals surface area (Å²) in [5.41, 5.74) is 2.91. The molecule has 0 aliphatic carbocycles. The molecule has 1 fully saturated rings. The van der Waals surface area contributed by atoms with Gasteiger partial charge >= 0.3 is 0 Å². The first-order valence-corrected chi connectivity index (χ1v) is 8.39. The third kappa shape index (κ3) is 3.97. The Balaban J connectivity index is 1.68. The number of anilines is 1. The molecule has 1 aliphatic heterocycles. The van der Waals surface area contributed by atoms with Gasteiger partial charge in [-0.15, -0.1) is 0 Å². The monoisotopic (exact) mass is 352 g/mol. The van der Waals surface area contributed by atoms with Gasteiger partial charge in [-0.3, -0.25) is 19.3 Å². The van der Waals surface area contributed by atoms with E-state index in [9.17, 15) is 14.4 Å². The summed E-state index contributed by atoms with van der Waals surface area (Å²) in [5, 5.41) is 2.88. The standard InChI is InChI=1S/C20H20N2O4/c1-26-13-16-4-2-3-5-17(16)21-20(25)15-8-6-14(7-9-15)12-22-18(23)10-11-19(22)24/h2-9H,10-13H2,1H3,(H,21,25). The second-order valence-electron chi connectivity index (χ2n) is 6.11. The highest BCUT2D eigenvalue weighted by Gasteiger charge is 2.28. The molecule has 3 amide bonds. The van der Waals surface area contributed by atoms with Crippen LogP contribution in [0.25, 0.3) is 0 Å². The average molecular weight is 352 g/mol. The lowest BCUT2D eigenvalue weighted by Gasteiger charge is -2.14. The topological polar surface area (TPSA) is 75.7 Å². The van der Waals surface area contributed by atoms with Crippen molar-refractivity contribution in [2.75, 3.05) is 12.4 Å². The van der Waals surface area contributed by atoms with E-state index < -0.39 is 0 Å². The Morgan fingerprint density at radius 1 is 1.04 bits per heavy atom. The predicted molar refractivity (Wildman–Crippen MR) is 96.3 cm³/mol. The minimum Gasteiger partial charge on any atom is -0.380 e. The molecule has 6 heteroatoms. The molecular weight excluding hydrogens is 332 g/mol. The van der Waals surface area contributed by atoms with E-state index in [1.807, 2.05) is 24.3 Å². The lowest BCUT2D eigenvalue weighted by Crippen LogP contribution is -2.28. The summed E-state index contributed by atoms with van der Waals surface area (Å²) in [6.45, 7) is 0.656. The van der Waals surface area contributed by atoms with Crippen LogP contribution < -0.4 is 5.32 Å². The number of amides is 3. The molecule has 0 saturated carbocycles. The van der Waals surface area contributed by atoms with E-state index in [-0.39, 0.29) is 37.1 Å². The zero-order valence-electron chi connectivity index (χ0n) is 14.5. The fourth-order valence-corrected chi connectivity index (χ4v) is 2.86. The van der Waals surface area contributed by atoms with Crippen LogP contribution in [0, 0.1) is 0 Å². The highest BCUT2D eigenvalue weighted by atomic mass is 16.5. The van der Waals surface area contributed by atoms with Crippen molar-refractivity contribution in [3.05, 3.63) is 65.2 Å². The summed E-state index contributed by atoms with van der Waals surface area (Å²) in [7, 11) is 1.60. The van der Waals surface area contributed by atoms with E-state index in [0.717, 1.165) is 11.1 Å². The highest BCUT2D eigenvalue weighted by molar-refractivity contribution is 6.04. The molecule has 0 bridgehead atoms. The molecule has 1 aliphatic rings. The van der Waals surface area contributed by atoms with Crippen LogP contribution in [-0.4, -0.2) is 29.7 Å². The van der Waals surface area contributed by atoms with Crippen molar-refractivity contribution in [2.45, 2.75) is 26.0 Å². The molecule has 0 aromatic heterocycles. The van der Waals surface area contributed by atoms with Crippen LogP contribution in [0.4, 0.5) is 5.69 Å². The van der Waals surface area contributed by atoms with Gasteiger partial charge in [-0.2, -0.15) is 0 Å². The summed E-state index contributed by atoms with van der Waals surface area (Å²) in [6.07, 6.45) is 0.556. The zero-order valence-corrected chi connectivity index (χ0v) is 14.5. The number of imide groups is 1. The Bertz CT molecular complexity index is 814. The fourth-order valence-electron chi connectivity index (χ4n) is 2.86. The molecular formula is C20H20N2O4. The number of para-hydroxylation sites is 1. The van der Waals surface area contributed by atoms with Crippen LogP contribution in [0.15, 0.2) is 48.5 Å². The molecule has 26 heavy (non-hydrogen) atoms. The van der Waals surface area contributed by atoms with Gasteiger partial charge in [0, 0.05) is 36.8 Å². The molecule has 1 saturated heterocycles. The van der Waals surface area contributed by atoms with Gasteiger partial charge in [-0.25, -0.2) is 0 Å². The van der Waals surface area contributed by atoms with Gasteiger partial charge < -0.3 is 10.1 Å². The van der Waals surface area contributed by atoms with Gasteiger partial charge in [0.2, 0.25) is 11.8 Å². The molecule has 0 radical (unpaired) electrons. The van der Waals surface area contributed by atoms with Gasteiger partial charge in [-0.05, 0) is 23.8 Å². The van der Waals surface area contributed by atoms with E-state index in [0.29, 0.717) is 17.9 Å². The molecule has 1 heterocycles. The van der Waals surface area contributed by atoms with Crippen molar-refractivity contribution < 1.29 is 19.1 Å². The number of nitrogens with zero attached hydrogens (tertiary/aromatic N) is 1. The molecule has 134 valence electrons. The van der Waals surface area contributed by atoms with Crippen LogP contribution >= 0.6 is 0 Å². The Morgan fingerprint density at radius 3 is 2.35 bits per heavy atom. The van der Waals surface area contributed by atoms with Crippen LogP contribution in [-0.2, 0) is 27.5 Å². The Labute approximate surface area is 151 Å².